The number of hydrogen-bond acceptors (Lipinski definition) is 3. The molecule has 3 N–H and O–H groups in total. The fraction of sp³-hybridized carbons (Fsp3) is 0.455. The Morgan fingerprint density at radius 3 is 2.69 bits per heavy atom. The van der Waals surface area contributed by atoms with Crippen molar-refractivity contribution in [1.82, 2.24) is 5.32 Å². The van der Waals surface area contributed by atoms with Crippen LogP contribution in [-0.4, -0.2) is 14.5 Å². The lowest BCUT2D eigenvalue weighted by Gasteiger charge is -2.14. The Hall–Kier alpha value is -0.910. The summed E-state index contributed by atoms with van der Waals surface area (Å²) in [5.74, 6) is 0. The molecule has 4 nitrogen and oxygen atoms in total. The molecule has 5 heteroatoms. The van der Waals surface area contributed by atoms with Gasteiger partial charge in [0.25, 0.3) is 0 Å². The summed E-state index contributed by atoms with van der Waals surface area (Å²) in [6, 6.07) is 7.54. The number of hydrogen-bond donors (Lipinski definition) is 2. The molecular formula is C11H16N2O2S. The second-order valence-corrected chi connectivity index (χ2v) is 5.84. The molecule has 1 aliphatic rings. The van der Waals surface area contributed by atoms with Gasteiger partial charge in [-0.2, -0.15) is 0 Å². The van der Waals surface area contributed by atoms with E-state index in [0.717, 1.165) is 5.56 Å². The van der Waals surface area contributed by atoms with Gasteiger partial charge in [0.2, 0.25) is 10.0 Å². The first-order chi connectivity index (χ1) is 7.47. The second kappa shape index (κ2) is 4.16. The largest absolute Gasteiger partial charge is 0.307 e. The third kappa shape index (κ3) is 2.81. The van der Waals surface area contributed by atoms with E-state index in [1.165, 1.54) is 18.9 Å². The number of nitrogens with two attached hydrogens (primary N) is 1. The molecule has 0 heterocycles. The fourth-order valence-electron chi connectivity index (χ4n) is 1.66. The average molecular weight is 240 g/mol. The van der Waals surface area contributed by atoms with Gasteiger partial charge in [-0.1, -0.05) is 12.1 Å². The summed E-state index contributed by atoms with van der Waals surface area (Å²) in [5, 5.41) is 8.50. The van der Waals surface area contributed by atoms with Crippen LogP contribution in [0.3, 0.4) is 0 Å². The molecule has 1 unspecified atom stereocenters. The summed E-state index contributed by atoms with van der Waals surface area (Å²) >= 11 is 0. The molecule has 0 bridgehead atoms. The quantitative estimate of drug-likeness (QED) is 0.829. The molecule has 0 aromatic heterocycles. The Morgan fingerprint density at radius 1 is 1.44 bits per heavy atom. The summed E-state index contributed by atoms with van der Waals surface area (Å²) in [6.07, 6.45) is 2.42. The van der Waals surface area contributed by atoms with Crippen LogP contribution in [0.5, 0.6) is 0 Å². The fourth-order valence-corrected chi connectivity index (χ4v) is 2.23. The van der Waals surface area contributed by atoms with E-state index in [1.807, 2.05) is 13.0 Å². The maximum absolute atomic E-state index is 11.2. The second-order valence-electron chi connectivity index (χ2n) is 4.28. The summed E-state index contributed by atoms with van der Waals surface area (Å²) in [7, 11) is -3.60. The smallest absolute Gasteiger partial charge is 0.238 e. The molecule has 1 aromatic carbocycles. The van der Waals surface area contributed by atoms with Crippen LogP contribution in [0, 0.1) is 0 Å². The summed E-state index contributed by atoms with van der Waals surface area (Å²) in [6.45, 7) is 2.03. The highest BCUT2D eigenvalue weighted by Gasteiger charge is 2.23. The van der Waals surface area contributed by atoms with E-state index in [9.17, 15) is 8.42 Å². The minimum absolute atomic E-state index is 0.161. The molecule has 16 heavy (non-hydrogen) atoms. The molecule has 0 amide bonds. The van der Waals surface area contributed by atoms with Crippen molar-refractivity contribution in [3.05, 3.63) is 29.8 Å². The normalized spacial score (nSPS) is 18.4. The van der Waals surface area contributed by atoms with E-state index < -0.39 is 10.0 Å². The van der Waals surface area contributed by atoms with Crippen LogP contribution in [0.2, 0.25) is 0 Å². The van der Waals surface area contributed by atoms with Gasteiger partial charge >= 0.3 is 0 Å². The van der Waals surface area contributed by atoms with Crippen molar-refractivity contribution in [3.63, 3.8) is 0 Å². The van der Waals surface area contributed by atoms with Crippen molar-refractivity contribution in [2.45, 2.75) is 36.7 Å². The van der Waals surface area contributed by atoms with Crippen LogP contribution in [0.1, 0.15) is 31.4 Å². The van der Waals surface area contributed by atoms with Crippen molar-refractivity contribution in [2.75, 3.05) is 0 Å². The van der Waals surface area contributed by atoms with Gasteiger partial charge in [-0.05, 0) is 37.5 Å². The van der Waals surface area contributed by atoms with Crippen LogP contribution in [-0.2, 0) is 10.0 Å². The monoisotopic (exact) mass is 240 g/mol. The zero-order chi connectivity index (χ0) is 11.8. The molecule has 0 saturated heterocycles. The predicted octanol–water partition coefficient (Wildman–Crippen LogP) is 1.15. The first kappa shape index (κ1) is 11.6. The molecule has 0 radical (unpaired) electrons. The van der Waals surface area contributed by atoms with Crippen molar-refractivity contribution >= 4 is 10.0 Å². The predicted molar refractivity (Wildman–Crippen MR) is 62.4 cm³/mol. The Bertz CT molecular complexity index is 481. The molecule has 1 fully saturated rings. The summed E-state index contributed by atoms with van der Waals surface area (Å²) in [4.78, 5) is 0.175. The maximum atomic E-state index is 11.2. The van der Waals surface area contributed by atoms with Crippen LogP contribution >= 0.6 is 0 Å². The molecule has 1 aliphatic carbocycles. The first-order valence-corrected chi connectivity index (χ1v) is 6.90. The molecule has 1 saturated carbocycles. The Labute approximate surface area is 95.9 Å². The van der Waals surface area contributed by atoms with Gasteiger partial charge in [0.05, 0.1) is 4.90 Å². The Kier molecular flexibility index (Phi) is 3.01. The van der Waals surface area contributed by atoms with Crippen LogP contribution < -0.4 is 10.5 Å². The lowest BCUT2D eigenvalue weighted by Crippen LogP contribution is -2.21. The summed E-state index contributed by atoms with van der Waals surface area (Å²) in [5.41, 5.74) is 0.957. The van der Waals surface area contributed by atoms with Gasteiger partial charge in [-0.3, -0.25) is 0 Å². The zero-order valence-electron chi connectivity index (χ0n) is 9.18. The Balaban J connectivity index is 2.20. The molecule has 1 aromatic rings. The van der Waals surface area contributed by atoms with Crippen LogP contribution in [0.15, 0.2) is 29.2 Å². The molecular weight excluding hydrogens is 224 g/mol. The maximum Gasteiger partial charge on any atom is 0.238 e. The molecule has 88 valence electrons. The number of rotatable bonds is 4. The molecule has 0 aliphatic heterocycles. The van der Waals surface area contributed by atoms with Crippen molar-refractivity contribution in [3.8, 4) is 0 Å². The van der Waals surface area contributed by atoms with E-state index in [0.29, 0.717) is 6.04 Å². The van der Waals surface area contributed by atoms with Gasteiger partial charge in [0.15, 0.2) is 0 Å². The minimum Gasteiger partial charge on any atom is -0.307 e. The first-order valence-electron chi connectivity index (χ1n) is 5.35. The minimum atomic E-state index is -3.60. The van der Waals surface area contributed by atoms with Crippen LogP contribution in [0.4, 0.5) is 0 Å². The SMILES string of the molecule is CC(NC1CC1)c1cccc(S(N)(=O)=O)c1. The lowest BCUT2D eigenvalue weighted by molar-refractivity contribution is 0.569. The zero-order valence-corrected chi connectivity index (χ0v) is 10.00. The van der Waals surface area contributed by atoms with Crippen molar-refractivity contribution in [1.29, 1.82) is 0 Å². The van der Waals surface area contributed by atoms with Crippen molar-refractivity contribution in [2.24, 2.45) is 5.14 Å². The average Bonchev–Trinajstić information content (AvgIpc) is 3.00. The number of sulfonamides is 1. The van der Waals surface area contributed by atoms with Gasteiger partial charge in [0.1, 0.15) is 0 Å². The number of nitrogens with one attached hydrogen (secondary N) is 1. The van der Waals surface area contributed by atoms with Gasteiger partial charge in [0, 0.05) is 12.1 Å². The molecule has 0 spiro atoms. The number of benzene rings is 1. The van der Waals surface area contributed by atoms with E-state index in [4.69, 9.17) is 5.14 Å². The highest BCUT2D eigenvalue weighted by molar-refractivity contribution is 7.89. The standard InChI is InChI=1S/C11H16N2O2S/c1-8(13-10-5-6-10)9-3-2-4-11(7-9)16(12,14)15/h2-4,7-8,10,13H,5-6H2,1H3,(H2,12,14,15). The van der Waals surface area contributed by atoms with Gasteiger partial charge in [-0.15, -0.1) is 0 Å². The Morgan fingerprint density at radius 2 is 2.12 bits per heavy atom. The third-order valence-electron chi connectivity index (χ3n) is 2.75. The van der Waals surface area contributed by atoms with Gasteiger partial charge < -0.3 is 5.32 Å². The van der Waals surface area contributed by atoms with Crippen LogP contribution in [0.25, 0.3) is 0 Å². The molecule has 2 rings (SSSR count). The summed E-state index contributed by atoms with van der Waals surface area (Å²) < 4.78 is 22.4. The highest BCUT2D eigenvalue weighted by Crippen LogP contribution is 2.24. The van der Waals surface area contributed by atoms with Crippen molar-refractivity contribution < 1.29 is 8.42 Å². The third-order valence-corrected chi connectivity index (χ3v) is 3.66. The topological polar surface area (TPSA) is 72.2 Å². The molecule has 1 atom stereocenters. The number of primary sulfonamides is 1. The van der Waals surface area contributed by atoms with E-state index in [2.05, 4.69) is 5.32 Å². The lowest BCUT2D eigenvalue weighted by atomic mass is 10.1. The van der Waals surface area contributed by atoms with E-state index in [-0.39, 0.29) is 10.9 Å². The van der Waals surface area contributed by atoms with E-state index >= 15 is 0 Å². The van der Waals surface area contributed by atoms with E-state index in [1.54, 1.807) is 12.1 Å². The highest BCUT2D eigenvalue weighted by atomic mass is 32.2. The van der Waals surface area contributed by atoms with Gasteiger partial charge in [-0.25, -0.2) is 13.6 Å².